The van der Waals surface area contributed by atoms with E-state index in [1.807, 2.05) is 24.3 Å². The molecule has 0 aliphatic heterocycles. The van der Waals surface area contributed by atoms with Gasteiger partial charge in [-0.25, -0.2) is 0 Å². The molecule has 3 heteroatoms. The van der Waals surface area contributed by atoms with Gasteiger partial charge in [0.2, 0.25) is 0 Å². The summed E-state index contributed by atoms with van der Waals surface area (Å²) in [5.74, 6) is 0. The number of benzene rings is 1. The van der Waals surface area contributed by atoms with E-state index in [2.05, 4.69) is 15.9 Å². The molecule has 2 aromatic rings. The van der Waals surface area contributed by atoms with Gasteiger partial charge >= 0.3 is 0 Å². The van der Waals surface area contributed by atoms with E-state index >= 15 is 0 Å². The number of hydrogen-bond donors (Lipinski definition) is 0. The maximum absolute atomic E-state index is 10.4. The summed E-state index contributed by atoms with van der Waals surface area (Å²) in [6, 6.07) is 7.71. The van der Waals surface area contributed by atoms with Crippen molar-refractivity contribution in [3.63, 3.8) is 0 Å². The standard InChI is InChI=1S/C9H5BrOS/c10-9-4-7-3-6(5-11)1-2-8(7)12-9/h1-5H. The molecule has 0 aliphatic rings. The number of fused-ring (bicyclic) bond motifs is 1. The number of hydrogen-bond acceptors (Lipinski definition) is 2. The Balaban J connectivity index is 2.74. The number of halogens is 1. The molecule has 1 nitrogen and oxygen atoms in total. The Bertz CT molecular complexity index is 433. The van der Waals surface area contributed by atoms with Gasteiger partial charge in [0.15, 0.2) is 0 Å². The lowest BCUT2D eigenvalue weighted by atomic mass is 10.2. The molecule has 0 bridgehead atoms. The molecular weight excluding hydrogens is 236 g/mol. The summed E-state index contributed by atoms with van der Waals surface area (Å²) >= 11 is 5.07. The van der Waals surface area contributed by atoms with Crippen LogP contribution in [0, 0.1) is 0 Å². The fourth-order valence-electron chi connectivity index (χ4n) is 1.10. The number of aldehydes is 1. The van der Waals surface area contributed by atoms with Gasteiger partial charge < -0.3 is 0 Å². The van der Waals surface area contributed by atoms with Crippen LogP contribution >= 0.6 is 27.3 Å². The van der Waals surface area contributed by atoms with Gasteiger partial charge in [0.05, 0.1) is 3.79 Å². The topological polar surface area (TPSA) is 17.1 Å². The van der Waals surface area contributed by atoms with E-state index < -0.39 is 0 Å². The minimum atomic E-state index is 0.729. The summed E-state index contributed by atoms with van der Waals surface area (Å²) < 4.78 is 2.30. The van der Waals surface area contributed by atoms with E-state index in [0.29, 0.717) is 0 Å². The van der Waals surface area contributed by atoms with Crippen molar-refractivity contribution < 1.29 is 4.79 Å². The lowest BCUT2D eigenvalue weighted by Crippen LogP contribution is -1.75. The first-order valence-corrected chi connectivity index (χ1v) is 5.05. The predicted molar refractivity (Wildman–Crippen MR) is 54.9 cm³/mol. The van der Waals surface area contributed by atoms with Gasteiger partial charge in [0.1, 0.15) is 6.29 Å². The van der Waals surface area contributed by atoms with Crippen LogP contribution < -0.4 is 0 Å². The molecule has 0 unspecified atom stereocenters. The Labute approximate surface area is 82.1 Å². The minimum Gasteiger partial charge on any atom is -0.298 e. The molecule has 12 heavy (non-hydrogen) atoms. The van der Waals surface area contributed by atoms with E-state index in [4.69, 9.17) is 0 Å². The zero-order chi connectivity index (χ0) is 8.55. The van der Waals surface area contributed by atoms with Crippen LogP contribution in [0.3, 0.4) is 0 Å². The van der Waals surface area contributed by atoms with Crippen molar-refractivity contribution in [3.8, 4) is 0 Å². The zero-order valence-electron chi connectivity index (χ0n) is 6.08. The molecule has 0 saturated heterocycles. The lowest BCUT2D eigenvalue weighted by Gasteiger charge is -1.89. The first kappa shape index (κ1) is 7.95. The van der Waals surface area contributed by atoms with Crippen LogP contribution in [0.5, 0.6) is 0 Å². The minimum absolute atomic E-state index is 0.729. The predicted octanol–water partition coefficient (Wildman–Crippen LogP) is 3.48. The Kier molecular flexibility index (Phi) is 1.98. The molecule has 0 radical (unpaired) electrons. The van der Waals surface area contributed by atoms with Crippen LogP contribution in [-0.2, 0) is 0 Å². The fourth-order valence-corrected chi connectivity index (χ4v) is 2.64. The Morgan fingerprint density at radius 1 is 1.33 bits per heavy atom. The highest BCUT2D eigenvalue weighted by atomic mass is 79.9. The second-order valence-electron chi connectivity index (χ2n) is 2.47. The first-order valence-electron chi connectivity index (χ1n) is 3.44. The van der Waals surface area contributed by atoms with Gasteiger partial charge in [-0.05, 0) is 39.5 Å². The van der Waals surface area contributed by atoms with Gasteiger partial charge in [0, 0.05) is 10.3 Å². The number of rotatable bonds is 1. The van der Waals surface area contributed by atoms with Gasteiger partial charge in [-0.1, -0.05) is 6.07 Å². The third-order valence-electron chi connectivity index (χ3n) is 1.65. The normalized spacial score (nSPS) is 10.4. The Morgan fingerprint density at radius 2 is 2.17 bits per heavy atom. The van der Waals surface area contributed by atoms with E-state index in [0.717, 1.165) is 21.0 Å². The summed E-state index contributed by atoms with van der Waals surface area (Å²) in [6.07, 6.45) is 0.866. The highest BCUT2D eigenvalue weighted by Gasteiger charge is 1.99. The second-order valence-corrected chi connectivity index (χ2v) is 4.93. The van der Waals surface area contributed by atoms with Crippen molar-refractivity contribution in [1.29, 1.82) is 0 Å². The van der Waals surface area contributed by atoms with E-state index in [1.165, 1.54) is 4.70 Å². The quantitative estimate of drug-likeness (QED) is 0.698. The molecule has 1 aromatic heterocycles. The van der Waals surface area contributed by atoms with Crippen LogP contribution in [0.15, 0.2) is 28.1 Å². The molecule has 0 saturated carbocycles. The highest BCUT2D eigenvalue weighted by Crippen LogP contribution is 2.29. The van der Waals surface area contributed by atoms with Crippen LogP contribution in [0.25, 0.3) is 10.1 Å². The van der Waals surface area contributed by atoms with Crippen molar-refractivity contribution in [2.24, 2.45) is 0 Å². The third-order valence-corrected chi connectivity index (χ3v) is 3.27. The summed E-state index contributed by atoms with van der Waals surface area (Å²) in [7, 11) is 0. The highest BCUT2D eigenvalue weighted by molar-refractivity contribution is 9.11. The lowest BCUT2D eigenvalue weighted by molar-refractivity contribution is 0.112. The van der Waals surface area contributed by atoms with Crippen LogP contribution in [0.1, 0.15) is 10.4 Å². The van der Waals surface area contributed by atoms with Gasteiger partial charge in [-0.3, -0.25) is 4.79 Å². The van der Waals surface area contributed by atoms with Crippen molar-refractivity contribution in [1.82, 2.24) is 0 Å². The summed E-state index contributed by atoms with van der Waals surface area (Å²) in [4.78, 5) is 10.4. The van der Waals surface area contributed by atoms with Crippen LogP contribution in [-0.4, -0.2) is 6.29 Å². The fraction of sp³-hybridized carbons (Fsp3) is 0. The molecular formula is C9H5BrOS. The van der Waals surface area contributed by atoms with Crippen molar-refractivity contribution >= 4 is 43.6 Å². The molecule has 1 heterocycles. The van der Waals surface area contributed by atoms with Gasteiger partial charge in [-0.15, -0.1) is 11.3 Å². The van der Waals surface area contributed by atoms with Gasteiger partial charge in [-0.2, -0.15) is 0 Å². The number of thiophene rings is 1. The molecule has 2 rings (SSSR count). The Hall–Kier alpha value is -0.670. The first-order chi connectivity index (χ1) is 5.79. The maximum atomic E-state index is 10.4. The monoisotopic (exact) mass is 240 g/mol. The SMILES string of the molecule is O=Cc1ccc2sc(Br)cc2c1. The van der Waals surface area contributed by atoms with Crippen LogP contribution in [0.2, 0.25) is 0 Å². The van der Waals surface area contributed by atoms with Crippen LogP contribution in [0.4, 0.5) is 0 Å². The van der Waals surface area contributed by atoms with Crippen molar-refractivity contribution in [2.45, 2.75) is 0 Å². The van der Waals surface area contributed by atoms with E-state index in [1.54, 1.807) is 11.3 Å². The van der Waals surface area contributed by atoms with Gasteiger partial charge in [0.25, 0.3) is 0 Å². The molecule has 0 N–H and O–H groups in total. The smallest absolute Gasteiger partial charge is 0.150 e. The molecule has 0 atom stereocenters. The average Bonchev–Trinajstić information content (AvgIpc) is 2.43. The Morgan fingerprint density at radius 3 is 2.92 bits per heavy atom. The maximum Gasteiger partial charge on any atom is 0.150 e. The molecule has 0 amide bonds. The summed E-state index contributed by atoms with van der Waals surface area (Å²) in [6.45, 7) is 0. The number of carbonyl (C=O) groups is 1. The van der Waals surface area contributed by atoms with Crippen molar-refractivity contribution in [2.75, 3.05) is 0 Å². The molecule has 1 aromatic carbocycles. The zero-order valence-corrected chi connectivity index (χ0v) is 8.48. The molecule has 0 aliphatic carbocycles. The third kappa shape index (κ3) is 1.30. The second kappa shape index (κ2) is 2.99. The van der Waals surface area contributed by atoms with E-state index in [-0.39, 0.29) is 0 Å². The summed E-state index contributed by atoms with van der Waals surface area (Å²) in [5, 5.41) is 1.12. The summed E-state index contributed by atoms with van der Waals surface area (Å²) in [5.41, 5.74) is 0.729. The molecule has 60 valence electrons. The van der Waals surface area contributed by atoms with E-state index in [9.17, 15) is 4.79 Å². The molecule has 0 fully saturated rings. The average molecular weight is 241 g/mol. The molecule has 0 spiro atoms. The largest absolute Gasteiger partial charge is 0.298 e. The number of carbonyl (C=O) groups excluding carboxylic acids is 1. The van der Waals surface area contributed by atoms with Crippen molar-refractivity contribution in [3.05, 3.63) is 33.6 Å².